The molecule has 0 saturated carbocycles. The first kappa shape index (κ1) is 22.3. The molecule has 1 aromatic heterocycles. The van der Waals surface area contributed by atoms with Crippen molar-refractivity contribution in [1.82, 2.24) is 14.7 Å². The number of amides is 2. The minimum absolute atomic E-state index is 0.151. The molecule has 4 rings (SSSR count). The predicted octanol–water partition coefficient (Wildman–Crippen LogP) is 2.92. The Labute approximate surface area is 192 Å². The maximum absolute atomic E-state index is 12.7. The molecule has 8 heteroatoms. The van der Waals surface area contributed by atoms with Crippen LogP contribution < -0.4 is 5.32 Å². The monoisotopic (exact) mass is 446 g/mol. The molecule has 0 bridgehead atoms. The van der Waals surface area contributed by atoms with Crippen molar-refractivity contribution < 1.29 is 19.1 Å². The molecule has 1 N–H and O–H groups in total. The topological polar surface area (TPSA) is 93.5 Å². The first-order chi connectivity index (χ1) is 15.9. The van der Waals surface area contributed by atoms with Gasteiger partial charge in [-0.25, -0.2) is 9.48 Å². The number of esters is 1. The van der Waals surface area contributed by atoms with Crippen LogP contribution in [0.1, 0.15) is 33.7 Å². The van der Waals surface area contributed by atoms with Crippen LogP contribution in [0, 0.1) is 6.92 Å². The van der Waals surface area contributed by atoms with Crippen molar-refractivity contribution in [2.24, 2.45) is 0 Å². The minimum Gasteiger partial charge on any atom is -0.451 e. The van der Waals surface area contributed by atoms with E-state index in [1.165, 1.54) is 11.9 Å². The number of anilines is 1. The van der Waals surface area contributed by atoms with Crippen molar-refractivity contribution >= 4 is 23.5 Å². The minimum atomic E-state index is -0.631. The van der Waals surface area contributed by atoms with Gasteiger partial charge in [0.1, 0.15) is 0 Å². The summed E-state index contributed by atoms with van der Waals surface area (Å²) >= 11 is 0. The van der Waals surface area contributed by atoms with E-state index in [1.807, 2.05) is 49.4 Å². The summed E-state index contributed by atoms with van der Waals surface area (Å²) in [4.78, 5) is 38.6. The third-order valence-electron chi connectivity index (χ3n) is 5.59. The number of nitrogens with one attached hydrogen (secondary N) is 1. The first-order valence-electron chi connectivity index (χ1n) is 10.9. The number of carbonyl (C=O) groups is 3. The van der Waals surface area contributed by atoms with Gasteiger partial charge in [0.15, 0.2) is 12.3 Å². The summed E-state index contributed by atoms with van der Waals surface area (Å²) in [5, 5.41) is 7.22. The number of ether oxygens (including phenoxy) is 1. The van der Waals surface area contributed by atoms with Gasteiger partial charge in [0.2, 0.25) is 5.91 Å². The molecule has 8 nitrogen and oxygen atoms in total. The van der Waals surface area contributed by atoms with Crippen molar-refractivity contribution in [3.05, 3.63) is 77.1 Å². The maximum Gasteiger partial charge on any atom is 0.359 e. The van der Waals surface area contributed by atoms with Gasteiger partial charge < -0.3 is 15.0 Å². The van der Waals surface area contributed by atoms with Crippen molar-refractivity contribution in [2.75, 3.05) is 25.5 Å². The van der Waals surface area contributed by atoms with Crippen molar-refractivity contribution in [2.45, 2.75) is 26.2 Å². The fraction of sp³-hybridized carbons (Fsp3) is 0.280. The lowest BCUT2D eigenvalue weighted by molar-refractivity contribution is -0.136. The van der Waals surface area contributed by atoms with Crippen LogP contribution in [-0.4, -0.2) is 52.7 Å². The molecule has 0 saturated heterocycles. The third kappa shape index (κ3) is 5.11. The number of likely N-dealkylation sites (N-methyl/N-ethyl adjacent to an activating group) is 1. The Bertz CT molecular complexity index is 1170. The van der Waals surface area contributed by atoms with Crippen LogP contribution in [-0.2, 0) is 27.2 Å². The zero-order chi connectivity index (χ0) is 23.4. The quantitative estimate of drug-likeness (QED) is 0.564. The molecular weight excluding hydrogens is 420 g/mol. The summed E-state index contributed by atoms with van der Waals surface area (Å²) in [7, 11) is 1.49. The molecule has 1 aliphatic rings. The number of benzene rings is 2. The Hall–Kier alpha value is -3.94. The highest BCUT2D eigenvalue weighted by atomic mass is 16.5. The number of hydrogen-bond acceptors (Lipinski definition) is 5. The van der Waals surface area contributed by atoms with Gasteiger partial charge in [-0.15, -0.1) is 0 Å². The van der Waals surface area contributed by atoms with Crippen LogP contribution in [0.2, 0.25) is 0 Å². The number of rotatable bonds is 7. The fourth-order valence-corrected chi connectivity index (χ4v) is 3.83. The average molecular weight is 447 g/mol. The highest BCUT2D eigenvalue weighted by molar-refractivity contribution is 5.95. The molecule has 0 atom stereocenters. The van der Waals surface area contributed by atoms with E-state index >= 15 is 0 Å². The van der Waals surface area contributed by atoms with Crippen LogP contribution in [0.25, 0.3) is 5.69 Å². The van der Waals surface area contributed by atoms with E-state index in [9.17, 15) is 14.4 Å². The number of fused-ring (bicyclic) bond motifs is 1. The fourth-order valence-electron chi connectivity index (χ4n) is 3.83. The normalized spacial score (nSPS) is 12.2. The summed E-state index contributed by atoms with van der Waals surface area (Å²) in [5.74, 6) is -1.43. The predicted molar refractivity (Wildman–Crippen MR) is 123 cm³/mol. The smallest absolute Gasteiger partial charge is 0.359 e. The van der Waals surface area contributed by atoms with E-state index in [0.29, 0.717) is 5.69 Å². The van der Waals surface area contributed by atoms with Crippen LogP contribution in [0.4, 0.5) is 5.69 Å². The molecule has 0 spiro atoms. The van der Waals surface area contributed by atoms with Gasteiger partial charge in [0, 0.05) is 24.0 Å². The maximum atomic E-state index is 12.7. The highest BCUT2D eigenvalue weighted by Gasteiger charge is 2.28. The Morgan fingerprint density at radius 3 is 2.52 bits per heavy atom. The lowest BCUT2D eigenvalue weighted by Crippen LogP contribution is -2.37. The van der Waals surface area contributed by atoms with Crippen LogP contribution in [0.3, 0.4) is 0 Å². The van der Waals surface area contributed by atoms with E-state index in [1.54, 1.807) is 16.8 Å². The van der Waals surface area contributed by atoms with Crippen LogP contribution in [0.5, 0.6) is 0 Å². The van der Waals surface area contributed by atoms with E-state index < -0.39 is 18.5 Å². The molecule has 0 aliphatic heterocycles. The Kier molecular flexibility index (Phi) is 6.53. The van der Waals surface area contributed by atoms with Gasteiger partial charge in [0.05, 0.1) is 12.2 Å². The molecule has 33 heavy (non-hydrogen) atoms. The SMILES string of the molecule is Cc1ccc(NC(=O)CN(C)C(=O)COC(=O)c2nn(-c3ccccc3)c3c2CCC3)cc1. The Morgan fingerprint density at radius 1 is 1.06 bits per heavy atom. The Balaban J connectivity index is 1.34. The second-order valence-corrected chi connectivity index (χ2v) is 8.11. The molecule has 0 fully saturated rings. The zero-order valence-corrected chi connectivity index (χ0v) is 18.7. The van der Waals surface area contributed by atoms with E-state index in [2.05, 4.69) is 10.4 Å². The third-order valence-corrected chi connectivity index (χ3v) is 5.59. The summed E-state index contributed by atoms with van der Waals surface area (Å²) in [6.45, 7) is 1.35. The molecule has 0 radical (unpaired) electrons. The summed E-state index contributed by atoms with van der Waals surface area (Å²) in [6.07, 6.45) is 2.53. The summed E-state index contributed by atoms with van der Waals surface area (Å²) < 4.78 is 7.04. The van der Waals surface area contributed by atoms with E-state index in [4.69, 9.17) is 4.74 Å². The largest absolute Gasteiger partial charge is 0.451 e. The van der Waals surface area contributed by atoms with E-state index in [0.717, 1.165) is 41.8 Å². The lowest BCUT2D eigenvalue weighted by atomic mass is 10.2. The lowest BCUT2D eigenvalue weighted by Gasteiger charge is -2.16. The number of para-hydroxylation sites is 1. The van der Waals surface area contributed by atoms with Gasteiger partial charge in [0.25, 0.3) is 5.91 Å². The number of nitrogens with zero attached hydrogens (tertiary/aromatic N) is 3. The van der Waals surface area contributed by atoms with Gasteiger partial charge in [-0.2, -0.15) is 5.10 Å². The van der Waals surface area contributed by atoms with Crippen LogP contribution in [0.15, 0.2) is 54.6 Å². The van der Waals surface area contributed by atoms with Gasteiger partial charge in [-0.3, -0.25) is 9.59 Å². The molecule has 0 unspecified atom stereocenters. The van der Waals surface area contributed by atoms with Crippen molar-refractivity contribution in [3.63, 3.8) is 0 Å². The van der Waals surface area contributed by atoms with Crippen molar-refractivity contribution in [3.8, 4) is 5.69 Å². The molecule has 2 amide bonds. The van der Waals surface area contributed by atoms with Gasteiger partial charge >= 0.3 is 5.97 Å². The standard InChI is InChI=1S/C25H26N4O4/c1-17-11-13-18(14-12-17)26-22(30)15-28(2)23(31)16-33-25(32)24-20-9-6-10-21(20)29(27-24)19-7-4-3-5-8-19/h3-5,7-8,11-14H,6,9-10,15-16H2,1-2H3,(H,26,30). The second kappa shape index (κ2) is 9.68. The number of hydrogen-bond donors (Lipinski definition) is 1. The van der Waals surface area contributed by atoms with Gasteiger partial charge in [-0.1, -0.05) is 35.9 Å². The number of carbonyl (C=O) groups excluding carboxylic acids is 3. The molecular formula is C25H26N4O4. The highest BCUT2D eigenvalue weighted by Crippen LogP contribution is 2.28. The summed E-state index contributed by atoms with van der Waals surface area (Å²) in [5.41, 5.74) is 4.75. The van der Waals surface area contributed by atoms with Crippen molar-refractivity contribution in [1.29, 1.82) is 0 Å². The Morgan fingerprint density at radius 2 is 1.79 bits per heavy atom. The average Bonchev–Trinajstić information content (AvgIpc) is 3.42. The number of aryl methyl sites for hydroxylation is 1. The molecule has 1 aliphatic carbocycles. The molecule has 3 aromatic rings. The van der Waals surface area contributed by atoms with E-state index in [-0.39, 0.29) is 18.1 Å². The second-order valence-electron chi connectivity index (χ2n) is 8.11. The zero-order valence-electron chi connectivity index (χ0n) is 18.7. The van der Waals surface area contributed by atoms with Crippen LogP contribution >= 0.6 is 0 Å². The summed E-state index contributed by atoms with van der Waals surface area (Å²) in [6, 6.07) is 17.0. The number of aromatic nitrogens is 2. The first-order valence-corrected chi connectivity index (χ1v) is 10.9. The molecule has 2 aromatic carbocycles. The van der Waals surface area contributed by atoms with Gasteiger partial charge in [-0.05, 0) is 50.5 Å². The molecule has 1 heterocycles. The molecule has 170 valence electrons.